The van der Waals surface area contributed by atoms with Crippen LogP contribution in [0.1, 0.15) is 70.2 Å². The lowest BCUT2D eigenvalue weighted by Crippen LogP contribution is -2.63. The third-order valence-electron chi connectivity index (χ3n) is 8.46. The molecule has 2 heterocycles. The van der Waals surface area contributed by atoms with Crippen LogP contribution in [0.2, 0.25) is 0 Å². The summed E-state index contributed by atoms with van der Waals surface area (Å²) in [4.78, 5) is 38.9. The van der Waals surface area contributed by atoms with Gasteiger partial charge in [0.05, 0.1) is 24.9 Å². The van der Waals surface area contributed by atoms with Gasteiger partial charge in [-0.25, -0.2) is 14.3 Å². The summed E-state index contributed by atoms with van der Waals surface area (Å²) < 4.78 is 18.3. The largest absolute Gasteiger partial charge is 0.477 e. The van der Waals surface area contributed by atoms with Crippen LogP contribution >= 0.6 is 0 Å². The third-order valence-corrected chi connectivity index (χ3v) is 8.46. The van der Waals surface area contributed by atoms with Crippen molar-refractivity contribution in [1.29, 1.82) is 0 Å². The number of hydrogen-bond acceptors (Lipinski definition) is 7. The molecule has 5 aliphatic rings. The predicted octanol–water partition coefficient (Wildman–Crippen LogP) is 3.39. The van der Waals surface area contributed by atoms with Gasteiger partial charge in [0, 0.05) is 12.2 Å². The van der Waals surface area contributed by atoms with Gasteiger partial charge in [-0.15, -0.1) is 0 Å². The van der Waals surface area contributed by atoms with Crippen molar-refractivity contribution in [3.8, 4) is 5.88 Å². The van der Waals surface area contributed by atoms with E-state index in [-0.39, 0.29) is 35.8 Å². The number of hydrogen-bond donors (Lipinski definition) is 2. The van der Waals surface area contributed by atoms with Crippen LogP contribution in [-0.4, -0.2) is 69.7 Å². The highest BCUT2D eigenvalue weighted by atomic mass is 16.6. The van der Waals surface area contributed by atoms with Gasteiger partial charge in [-0.2, -0.15) is 5.10 Å². The van der Waals surface area contributed by atoms with Crippen molar-refractivity contribution < 1.29 is 28.6 Å². The summed E-state index contributed by atoms with van der Waals surface area (Å²) in [5, 5.41) is 7.71. The Morgan fingerprint density at radius 3 is 2.61 bits per heavy atom. The molecule has 0 radical (unpaired) electrons. The summed E-state index contributed by atoms with van der Waals surface area (Å²) in [7, 11) is 0. The van der Waals surface area contributed by atoms with Gasteiger partial charge < -0.3 is 25.3 Å². The van der Waals surface area contributed by atoms with Gasteiger partial charge >= 0.3 is 12.2 Å². The second-order valence-corrected chi connectivity index (χ2v) is 12.3. The number of cyclic esters (lactones) is 1. The molecular formula is C27H39N5O6. The first-order valence-electron chi connectivity index (χ1n) is 13.6. The molecule has 38 heavy (non-hydrogen) atoms. The van der Waals surface area contributed by atoms with Crippen molar-refractivity contribution in [1.82, 2.24) is 20.0 Å². The number of nitrogens with two attached hydrogens (primary N) is 1. The van der Waals surface area contributed by atoms with Crippen molar-refractivity contribution in [3.63, 3.8) is 0 Å². The van der Waals surface area contributed by atoms with E-state index in [1.54, 1.807) is 15.8 Å². The van der Waals surface area contributed by atoms with Crippen LogP contribution in [0.15, 0.2) is 12.3 Å². The average molecular weight is 530 g/mol. The van der Waals surface area contributed by atoms with E-state index in [0.717, 1.165) is 32.1 Å². The normalized spacial score (nSPS) is 30.2. The highest BCUT2D eigenvalue weighted by molar-refractivity contribution is 5.96. The quantitative estimate of drug-likeness (QED) is 0.500. The zero-order chi connectivity index (χ0) is 27.2. The van der Waals surface area contributed by atoms with Crippen LogP contribution in [0.4, 0.5) is 9.59 Å². The fourth-order valence-electron chi connectivity index (χ4n) is 7.02. The first kappa shape index (κ1) is 26.4. The fraction of sp³-hybridized carbons (Fsp3) is 0.704. The first-order chi connectivity index (χ1) is 18.0. The van der Waals surface area contributed by atoms with Gasteiger partial charge in [0.15, 0.2) is 0 Å². The molecule has 4 saturated carbocycles. The molecule has 2 atom stereocenters. The summed E-state index contributed by atoms with van der Waals surface area (Å²) in [6, 6.07) is 0.000560. The van der Waals surface area contributed by atoms with E-state index in [1.807, 2.05) is 33.8 Å². The Labute approximate surface area is 223 Å². The van der Waals surface area contributed by atoms with Gasteiger partial charge in [0.1, 0.15) is 17.8 Å². The van der Waals surface area contributed by atoms with Gasteiger partial charge in [-0.3, -0.25) is 9.69 Å². The summed E-state index contributed by atoms with van der Waals surface area (Å²) in [6.45, 7) is 9.21. The van der Waals surface area contributed by atoms with Crippen molar-refractivity contribution >= 4 is 24.3 Å². The zero-order valence-corrected chi connectivity index (χ0v) is 22.6. The molecule has 3 N–H and O–H groups in total. The van der Waals surface area contributed by atoms with Crippen molar-refractivity contribution in [3.05, 3.63) is 17.8 Å². The van der Waals surface area contributed by atoms with E-state index >= 15 is 0 Å². The number of aromatic nitrogens is 2. The molecule has 11 heteroatoms. The molecule has 5 fully saturated rings. The van der Waals surface area contributed by atoms with Crippen molar-refractivity contribution in [2.24, 2.45) is 29.4 Å². The molecule has 1 aliphatic heterocycles. The fourth-order valence-corrected chi connectivity index (χ4v) is 7.02. The Bertz CT molecular complexity index is 1110. The Morgan fingerprint density at radius 2 is 2.00 bits per heavy atom. The molecule has 4 bridgehead atoms. The lowest BCUT2D eigenvalue weighted by atomic mass is 9.52. The minimum atomic E-state index is -0.718. The van der Waals surface area contributed by atoms with E-state index in [2.05, 4.69) is 10.4 Å². The summed E-state index contributed by atoms with van der Waals surface area (Å²) in [5.41, 5.74) is 4.65. The molecule has 6 rings (SSSR count). The molecule has 0 spiro atoms. The Balaban J connectivity index is 1.34. The molecule has 11 nitrogen and oxygen atoms in total. The van der Waals surface area contributed by atoms with Crippen LogP contribution in [0, 0.1) is 23.7 Å². The SMILES string of the molecule is CC(C)COc1c(C(=O)NC2C3CC4CC2CC(OC(N)=O)(C4)C3)cnn1/C=C/C(C)(C)N1CCOC1=O. The monoisotopic (exact) mass is 529 g/mol. The van der Waals surface area contributed by atoms with E-state index in [4.69, 9.17) is 19.9 Å². The maximum absolute atomic E-state index is 13.6. The van der Waals surface area contributed by atoms with Crippen LogP contribution < -0.4 is 15.8 Å². The second kappa shape index (κ2) is 9.81. The highest BCUT2D eigenvalue weighted by Gasteiger charge is 2.57. The molecule has 4 aliphatic carbocycles. The predicted molar refractivity (Wildman–Crippen MR) is 138 cm³/mol. The lowest BCUT2D eigenvalue weighted by Gasteiger charge is -2.58. The van der Waals surface area contributed by atoms with Crippen LogP contribution in [-0.2, 0) is 9.47 Å². The molecular weight excluding hydrogens is 490 g/mol. The molecule has 0 aromatic carbocycles. The summed E-state index contributed by atoms with van der Waals surface area (Å²) >= 11 is 0. The number of nitrogens with one attached hydrogen (secondary N) is 1. The molecule has 2 unspecified atom stereocenters. The van der Waals surface area contributed by atoms with Crippen LogP contribution in [0.25, 0.3) is 6.20 Å². The molecule has 1 aromatic heterocycles. The summed E-state index contributed by atoms with van der Waals surface area (Å²) in [5.74, 6) is 1.35. The van der Waals surface area contributed by atoms with Crippen molar-refractivity contribution in [2.45, 2.75) is 77.0 Å². The number of primary amides is 1. The number of nitrogens with zero attached hydrogens (tertiary/aromatic N) is 3. The Kier molecular flexibility index (Phi) is 6.81. The topological polar surface area (TPSA) is 138 Å². The van der Waals surface area contributed by atoms with Gasteiger partial charge in [-0.05, 0) is 75.7 Å². The number of amides is 3. The number of carbonyl (C=O) groups is 3. The van der Waals surface area contributed by atoms with Crippen LogP contribution in [0.3, 0.4) is 0 Å². The molecule has 3 amide bonds. The minimum Gasteiger partial charge on any atom is -0.477 e. The maximum Gasteiger partial charge on any atom is 0.410 e. The van der Waals surface area contributed by atoms with Crippen molar-refractivity contribution in [2.75, 3.05) is 19.8 Å². The first-order valence-corrected chi connectivity index (χ1v) is 13.6. The number of carbonyl (C=O) groups excluding carboxylic acids is 3. The average Bonchev–Trinajstić information content (AvgIpc) is 3.43. The van der Waals surface area contributed by atoms with E-state index in [0.29, 0.717) is 37.1 Å². The van der Waals surface area contributed by atoms with E-state index < -0.39 is 17.2 Å². The molecule has 1 saturated heterocycles. The molecule has 1 aromatic rings. The van der Waals surface area contributed by atoms with Gasteiger partial charge in [0.25, 0.3) is 5.91 Å². The van der Waals surface area contributed by atoms with E-state index in [9.17, 15) is 14.4 Å². The Hall–Kier alpha value is -3.24. The standard InChI is InChI=1S/C27H39N5O6/c1-16(2)15-37-23-20(14-29-32(23)6-5-26(3,4)31-7-8-36-25(31)35)22(33)30-21-18-9-17-10-19(21)13-27(11-17,12-18)38-24(28)34/h5-6,14,16-19,21H,7-13,15H2,1-4H3,(H2,28,34)(H,30,33)/b6-5+. The lowest BCUT2D eigenvalue weighted by molar-refractivity contribution is -0.137. The summed E-state index contributed by atoms with van der Waals surface area (Å²) in [6.07, 6.45) is 8.37. The van der Waals surface area contributed by atoms with E-state index in [1.165, 1.54) is 6.20 Å². The Morgan fingerprint density at radius 1 is 1.29 bits per heavy atom. The zero-order valence-electron chi connectivity index (χ0n) is 22.6. The number of ether oxygens (including phenoxy) is 3. The number of rotatable bonds is 9. The second-order valence-electron chi connectivity index (χ2n) is 12.3. The van der Waals surface area contributed by atoms with Crippen LogP contribution in [0.5, 0.6) is 5.88 Å². The minimum absolute atomic E-state index is 0.000560. The molecule has 208 valence electrons. The van der Waals surface area contributed by atoms with Gasteiger partial charge in [-0.1, -0.05) is 13.8 Å². The van der Waals surface area contributed by atoms with Gasteiger partial charge in [0.2, 0.25) is 5.88 Å². The smallest absolute Gasteiger partial charge is 0.410 e. The third kappa shape index (κ3) is 5.07. The maximum atomic E-state index is 13.6. The highest BCUT2D eigenvalue weighted by Crippen LogP contribution is 2.57.